The predicted molar refractivity (Wildman–Crippen MR) is 78.7 cm³/mol. The van der Waals surface area contributed by atoms with Gasteiger partial charge in [-0.3, -0.25) is 0 Å². The van der Waals surface area contributed by atoms with Crippen LogP contribution in [0.5, 0.6) is 0 Å². The van der Waals surface area contributed by atoms with Crippen LogP contribution in [0.1, 0.15) is 18.4 Å². The van der Waals surface area contributed by atoms with E-state index in [4.69, 9.17) is 23.2 Å². The third kappa shape index (κ3) is 4.77. The quantitative estimate of drug-likeness (QED) is 0.836. The van der Waals surface area contributed by atoms with Gasteiger partial charge in [0.25, 0.3) is 0 Å². The van der Waals surface area contributed by atoms with Crippen molar-refractivity contribution >= 4 is 23.2 Å². The largest absolute Gasteiger partial charge is 0.314 e. The van der Waals surface area contributed by atoms with E-state index in [1.807, 2.05) is 12.1 Å². The first-order valence-electron chi connectivity index (χ1n) is 6.62. The highest BCUT2D eigenvalue weighted by Gasteiger charge is 2.08. The molecule has 0 atom stereocenters. The molecule has 0 amide bonds. The highest BCUT2D eigenvalue weighted by atomic mass is 35.5. The van der Waals surface area contributed by atoms with E-state index in [9.17, 15) is 0 Å². The molecule has 2 rings (SSSR count). The van der Waals surface area contributed by atoms with Crippen LogP contribution in [0.4, 0.5) is 0 Å². The van der Waals surface area contributed by atoms with Crippen molar-refractivity contribution in [3.8, 4) is 0 Å². The van der Waals surface area contributed by atoms with Crippen LogP contribution in [0.25, 0.3) is 0 Å². The summed E-state index contributed by atoms with van der Waals surface area (Å²) < 4.78 is 0. The molecule has 1 aromatic carbocycles. The number of nitrogens with one attached hydrogen (secondary N) is 1. The molecule has 0 aromatic heterocycles. The van der Waals surface area contributed by atoms with Crippen LogP contribution in [0, 0.1) is 0 Å². The Labute approximate surface area is 119 Å². The van der Waals surface area contributed by atoms with Crippen LogP contribution < -0.4 is 5.32 Å². The number of hydrogen-bond acceptors (Lipinski definition) is 2. The summed E-state index contributed by atoms with van der Waals surface area (Å²) >= 11 is 12.0. The first kappa shape index (κ1) is 14.1. The average molecular weight is 287 g/mol. The lowest BCUT2D eigenvalue weighted by Gasteiger charge is -2.27. The van der Waals surface area contributed by atoms with Gasteiger partial charge in [-0.05, 0) is 49.6 Å². The molecule has 1 saturated heterocycles. The second-order valence-corrected chi connectivity index (χ2v) is 5.70. The van der Waals surface area contributed by atoms with Crippen molar-refractivity contribution in [1.82, 2.24) is 10.2 Å². The predicted octanol–water partition coefficient (Wildman–Crippen LogP) is 3.22. The summed E-state index contributed by atoms with van der Waals surface area (Å²) in [6, 6.07) is 5.81. The van der Waals surface area contributed by atoms with Gasteiger partial charge < -0.3 is 10.2 Å². The molecule has 0 aliphatic carbocycles. The van der Waals surface area contributed by atoms with Crippen LogP contribution in [0.3, 0.4) is 0 Å². The number of benzene rings is 1. The molecule has 1 heterocycles. The third-order valence-electron chi connectivity index (χ3n) is 3.32. The molecule has 1 aliphatic rings. The van der Waals surface area contributed by atoms with Crippen molar-refractivity contribution in [3.05, 3.63) is 33.8 Å². The van der Waals surface area contributed by atoms with Crippen LogP contribution in [-0.4, -0.2) is 37.6 Å². The summed E-state index contributed by atoms with van der Waals surface area (Å²) in [5.74, 6) is 0. The summed E-state index contributed by atoms with van der Waals surface area (Å²) in [4.78, 5) is 2.53. The van der Waals surface area contributed by atoms with E-state index in [-0.39, 0.29) is 0 Å². The summed E-state index contributed by atoms with van der Waals surface area (Å²) in [5.41, 5.74) is 1.24. The highest BCUT2D eigenvalue weighted by Crippen LogP contribution is 2.20. The monoisotopic (exact) mass is 286 g/mol. The number of aryl methyl sites for hydroxylation is 1. The number of hydrogen-bond donors (Lipinski definition) is 1. The molecule has 1 fully saturated rings. The molecule has 0 unspecified atom stereocenters. The van der Waals surface area contributed by atoms with Gasteiger partial charge in [0.1, 0.15) is 0 Å². The van der Waals surface area contributed by atoms with Crippen LogP contribution in [-0.2, 0) is 6.42 Å². The number of unbranched alkanes of at least 4 members (excludes halogenated alkanes) is 1. The Kier molecular flexibility index (Phi) is 5.77. The van der Waals surface area contributed by atoms with Crippen molar-refractivity contribution < 1.29 is 0 Å². The van der Waals surface area contributed by atoms with Gasteiger partial charge in [0.2, 0.25) is 0 Å². The summed E-state index contributed by atoms with van der Waals surface area (Å²) in [6.07, 6.45) is 3.50. The van der Waals surface area contributed by atoms with Gasteiger partial charge in [-0.2, -0.15) is 0 Å². The molecule has 0 bridgehead atoms. The average Bonchev–Trinajstić information content (AvgIpc) is 2.35. The van der Waals surface area contributed by atoms with Gasteiger partial charge in [-0.25, -0.2) is 0 Å². The normalized spacial score (nSPS) is 17.0. The zero-order chi connectivity index (χ0) is 12.8. The molecule has 4 heteroatoms. The molecule has 18 heavy (non-hydrogen) atoms. The highest BCUT2D eigenvalue weighted by molar-refractivity contribution is 6.34. The molecule has 1 N–H and O–H groups in total. The molecule has 0 saturated carbocycles. The fourth-order valence-corrected chi connectivity index (χ4v) is 2.93. The lowest BCUT2D eigenvalue weighted by molar-refractivity contribution is 0.237. The molecule has 0 spiro atoms. The molecule has 1 aliphatic heterocycles. The summed E-state index contributed by atoms with van der Waals surface area (Å²) in [7, 11) is 0. The second kappa shape index (κ2) is 7.34. The Morgan fingerprint density at radius 3 is 2.33 bits per heavy atom. The van der Waals surface area contributed by atoms with Crippen molar-refractivity contribution in [3.63, 3.8) is 0 Å². The van der Waals surface area contributed by atoms with E-state index in [1.54, 1.807) is 6.07 Å². The maximum Gasteiger partial charge on any atom is 0.0423 e. The van der Waals surface area contributed by atoms with Gasteiger partial charge in [-0.1, -0.05) is 23.2 Å². The first-order chi connectivity index (χ1) is 8.74. The Morgan fingerprint density at radius 1 is 1.00 bits per heavy atom. The van der Waals surface area contributed by atoms with Gasteiger partial charge in [0.15, 0.2) is 0 Å². The third-order valence-corrected chi connectivity index (χ3v) is 3.76. The lowest BCUT2D eigenvalue weighted by Crippen LogP contribution is -2.43. The smallest absolute Gasteiger partial charge is 0.0423 e. The summed E-state index contributed by atoms with van der Waals surface area (Å²) in [5, 5.41) is 4.84. The molecule has 100 valence electrons. The topological polar surface area (TPSA) is 15.3 Å². The molecule has 0 radical (unpaired) electrons. The molecule has 1 aromatic rings. The van der Waals surface area contributed by atoms with Gasteiger partial charge in [0.05, 0.1) is 0 Å². The maximum absolute atomic E-state index is 5.99. The van der Waals surface area contributed by atoms with Gasteiger partial charge in [0, 0.05) is 36.2 Å². The minimum absolute atomic E-state index is 0.736. The Bertz CT molecular complexity index is 356. The zero-order valence-electron chi connectivity index (χ0n) is 10.6. The standard InChI is InChI=1S/C14H20Cl2N2/c15-13-9-12(10-14(16)11-13)3-1-2-6-18-7-4-17-5-8-18/h9-11,17H,1-8H2. The number of rotatable bonds is 5. The van der Waals surface area contributed by atoms with Crippen molar-refractivity contribution in [2.45, 2.75) is 19.3 Å². The van der Waals surface area contributed by atoms with Crippen molar-refractivity contribution in [2.24, 2.45) is 0 Å². The van der Waals surface area contributed by atoms with Gasteiger partial charge in [-0.15, -0.1) is 0 Å². The first-order valence-corrected chi connectivity index (χ1v) is 7.38. The number of halogens is 2. The van der Waals surface area contributed by atoms with E-state index in [1.165, 1.54) is 38.0 Å². The minimum Gasteiger partial charge on any atom is -0.314 e. The van der Waals surface area contributed by atoms with Gasteiger partial charge >= 0.3 is 0 Å². The molecular formula is C14H20Cl2N2. The van der Waals surface area contributed by atoms with Crippen molar-refractivity contribution in [2.75, 3.05) is 32.7 Å². The molecule has 2 nitrogen and oxygen atoms in total. The summed E-state index contributed by atoms with van der Waals surface area (Å²) in [6.45, 7) is 5.83. The lowest BCUT2D eigenvalue weighted by atomic mass is 10.1. The Morgan fingerprint density at radius 2 is 1.67 bits per heavy atom. The minimum atomic E-state index is 0.736. The van der Waals surface area contributed by atoms with Crippen molar-refractivity contribution in [1.29, 1.82) is 0 Å². The number of piperazine rings is 1. The number of nitrogens with zero attached hydrogens (tertiary/aromatic N) is 1. The van der Waals surface area contributed by atoms with E-state index in [2.05, 4.69) is 10.2 Å². The SMILES string of the molecule is Clc1cc(Cl)cc(CCCCN2CCNCC2)c1. The van der Waals surface area contributed by atoms with Crippen LogP contribution >= 0.6 is 23.2 Å². The van der Waals surface area contributed by atoms with Crippen LogP contribution in [0.2, 0.25) is 10.0 Å². The Balaban J connectivity index is 1.68. The van der Waals surface area contributed by atoms with E-state index in [0.29, 0.717) is 0 Å². The second-order valence-electron chi connectivity index (χ2n) is 4.83. The van der Waals surface area contributed by atoms with E-state index in [0.717, 1.165) is 29.6 Å². The Hall–Kier alpha value is -0.280. The maximum atomic E-state index is 5.99. The van der Waals surface area contributed by atoms with E-state index >= 15 is 0 Å². The fourth-order valence-electron chi connectivity index (χ4n) is 2.35. The zero-order valence-corrected chi connectivity index (χ0v) is 12.1. The molecular weight excluding hydrogens is 267 g/mol. The van der Waals surface area contributed by atoms with Crippen LogP contribution in [0.15, 0.2) is 18.2 Å². The fraction of sp³-hybridized carbons (Fsp3) is 0.571. The van der Waals surface area contributed by atoms with E-state index < -0.39 is 0 Å².